The third-order valence-corrected chi connectivity index (χ3v) is 2.91. The second-order valence-corrected chi connectivity index (χ2v) is 4.46. The second kappa shape index (κ2) is 7.88. The Labute approximate surface area is 111 Å². The van der Waals surface area contributed by atoms with Crippen molar-refractivity contribution in [3.63, 3.8) is 0 Å². The topological polar surface area (TPSA) is 28.2 Å². The highest BCUT2D eigenvalue weighted by molar-refractivity contribution is 5.54. The predicted molar refractivity (Wildman–Crippen MR) is 79.1 cm³/mol. The maximum atomic E-state index is 4.40. The molecule has 0 aliphatic heterocycles. The van der Waals surface area contributed by atoms with Crippen molar-refractivity contribution < 1.29 is 0 Å². The van der Waals surface area contributed by atoms with Crippen LogP contribution in [-0.2, 0) is 6.54 Å². The van der Waals surface area contributed by atoms with Gasteiger partial charge in [0.1, 0.15) is 0 Å². The molecule has 1 heterocycles. The molecule has 0 bridgehead atoms. The first-order valence-corrected chi connectivity index (χ1v) is 6.75. The smallest absolute Gasteiger partial charge is 0.0448 e. The molecule has 18 heavy (non-hydrogen) atoms. The number of hydrogen-bond donors (Lipinski definition) is 1. The molecule has 0 saturated heterocycles. The van der Waals surface area contributed by atoms with Crippen LogP contribution in [0.2, 0.25) is 0 Å². The van der Waals surface area contributed by atoms with E-state index >= 15 is 0 Å². The van der Waals surface area contributed by atoms with E-state index in [1.165, 1.54) is 11.3 Å². The van der Waals surface area contributed by atoms with Gasteiger partial charge >= 0.3 is 0 Å². The van der Waals surface area contributed by atoms with Crippen LogP contribution in [0.15, 0.2) is 24.9 Å². The van der Waals surface area contributed by atoms with E-state index < -0.39 is 0 Å². The number of aromatic nitrogens is 1. The van der Waals surface area contributed by atoms with Crippen LogP contribution in [0.5, 0.6) is 0 Å². The summed E-state index contributed by atoms with van der Waals surface area (Å²) in [7, 11) is 0. The fraction of sp³-hybridized carbons (Fsp3) is 0.533. The zero-order chi connectivity index (χ0) is 13.4. The molecule has 0 aliphatic carbocycles. The molecular weight excluding hydrogens is 222 g/mol. The Morgan fingerprint density at radius 1 is 1.44 bits per heavy atom. The highest BCUT2D eigenvalue weighted by Crippen LogP contribution is 2.20. The molecule has 0 atom stereocenters. The molecule has 0 unspecified atom stereocenters. The molecule has 100 valence electrons. The summed E-state index contributed by atoms with van der Waals surface area (Å²) in [5, 5.41) is 3.44. The van der Waals surface area contributed by atoms with Crippen LogP contribution in [-0.4, -0.2) is 24.6 Å². The van der Waals surface area contributed by atoms with Gasteiger partial charge in [0.2, 0.25) is 0 Å². The lowest BCUT2D eigenvalue weighted by Gasteiger charge is -2.24. The first kappa shape index (κ1) is 14.7. The minimum absolute atomic E-state index is 0.876. The molecule has 1 N–H and O–H groups in total. The molecular formula is C15H25N3. The van der Waals surface area contributed by atoms with Gasteiger partial charge in [0.05, 0.1) is 0 Å². The van der Waals surface area contributed by atoms with Crippen LogP contribution in [0.4, 0.5) is 5.69 Å². The van der Waals surface area contributed by atoms with E-state index in [1.807, 2.05) is 19.2 Å². The molecule has 3 heteroatoms. The molecule has 0 aromatic carbocycles. The van der Waals surface area contributed by atoms with Gasteiger partial charge < -0.3 is 10.2 Å². The quantitative estimate of drug-likeness (QED) is 0.565. The van der Waals surface area contributed by atoms with Crippen LogP contribution in [0.25, 0.3) is 0 Å². The molecule has 0 amide bonds. The van der Waals surface area contributed by atoms with Crippen molar-refractivity contribution >= 4 is 5.69 Å². The predicted octanol–water partition coefficient (Wildman–Crippen LogP) is 2.90. The molecule has 0 saturated carbocycles. The monoisotopic (exact) mass is 247 g/mol. The number of nitrogens with zero attached hydrogens (tertiary/aromatic N) is 2. The summed E-state index contributed by atoms with van der Waals surface area (Å²) < 4.78 is 0. The Balaban J connectivity index is 2.90. The van der Waals surface area contributed by atoms with Gasteiger partial charge in [0.25, 0.3) is 0 Å². The van der Waals surface area contributed by atoms with Gasteiger partial charge in [-0.3, -0.25) is 4.98 Å². The Hall–Kier alpha value is -1.35. The van der Waals surface area contributed by atoms with Crippen molar-refractivity contribution in [3.8, 4) is 0 Å². The lowest BCUT2D eigenvalue weighted by atomic mass is 10.1. The molecule has 3 nitrogen and oxygen atoms in total. The highest BCUT2D eigenvalue weighted by Gasteiger charge is 2.09. The standard InChI is InChI=1S/C15H25N3/c1-5-8-16-11-14-12-17-13(4)10-15(14)18(7-3)9-6-2/h6,10,12,16H,2,5,7-9,11H2,1,3-4H3. The van der Waals surface area contributed by atoms with Gasteiger partial charge in [-0.1, -0.05) is 13.0 Å². The van der Waals surface area contributed by atoms with E-state index in [2.05, 4.69) is 41.7 Å². The van der Waals surface area contributed by atoms with Crippen LogP contribution < -0.4 is 10.2 Å². The summed E-state index contributed by atoms with van der Waals surface area (Å²) >= 11 is 0. The van der Waals surface area contributed by atoms with Crippen molar-refractivity contribution in [1.29, 1.82) is 0 Å². The average molecular weight is 247 g/mol. The fourth-order valence-electron chi connectivity index (χ4n) is 1.96. The summed E-state index contributed by atoms with van der Waals surface area (Å²) in [5.41, 5.74) is 3.60. The molecule has 0 fully saturated rings. The number of nitrogens with one attached hydrogen (secondary N) is 1. The number of aryl methyl sites for hydroxylation is 1. The van der Waals surface area contributed by atoms with Gasteiger partial charge in [-0.15, -0.1) is 6.58 Å². The van der Waals surface area contributed by atoms with Crippen molar-refractivity contribution in [1.82, 2.24) is 10.3 Å². The zero-order valence-electron chi connectivity index (χ0n) is 11.9. The lowest BCUT2D eigenvalue weighted by Crippen LogP contribution is -2.25. The Morgan fingerprint density at radius 3 is 2.83 bits per heavy atom. The van der Waals surface area contributed by atoms with Crippen LogP contribution in [0.3, 0.4) is 0 Å². The first-order chi connectivity index (χ1) is 8.72. The SMILES string of the molecule is C=CCN(CC)c1cc(C)ncc1CNCCC. The fourth-order valence-corrected chi connectivity index (χ4v) is 1.96. The maximum Gasteiger partial charge on any atom is 0.0448 e. The number of pyridine rings is 1. The molecule has 0 aliphatic rings. The Morgan fingerprint density at radius 2 is 2.22 bits per heavy atom. The molecule has 0 radical (unpaired) electrons. The van der Waals surface area contributed by atoms with Crippen molar-refractivity contribution in [2.24, 2.45) is 0 Å². The van der Waals surface area contributed by atoms with Crippen LogP contribution in [0.1, 0.15) is 31.5 Å². The highest BCUT2D eigenvalue weighted by atomic mass is 15.1. The van der Waals surface area contributed by atoms with Gasteiger partial charge in [-0.05, 0) is 32.9 Å². The van der Waals surface area contributed by atoms with E-state index in [9.17, 15) is 0 Å². The number of likely N-dealkylation sites (N-methyl/N-ethyl adjacent to an activating group) is 1. The second-order valence-electron chi connectivity index (χ2n) is 4.46. The van der Waals surface area contributed by atoms with E-state index in [4.69, 9.17) is 0 Å². The molecule has 0 spiro atoms. The molecule has 1 aromatic rings. The van der Waals surface area contributed by atoms with Gasteiger partial charge in [0.15, 0.2) is 0 Å². The Kier molecular flexibility index (Phi) is 6.44. The van der Waals surface area contributed by atoms with E-state index in [0.29, 0.717) is 0 Å². The Bertz CT molecular complexity index is 374. The van der Waals surface area contributed by atoms with Crippen molar-refractivity contribution in [3.05, 3.63) is 36.2 Å². The van der Waals surface area contributed by atoms with E-state index in [1.54, 1.807) is 0 Å². The maximum absolute atomic E-state index is 4.40. The minimum Gasteiger partial charge on any atom is -0.368 e. The summed E-state index contributed by atoms with van der Waals surface area (Å²) in [6.07, 6.45) is 5.08. The minimum atomic E-state index is 0.876. The van der Waals surface area contributed by atoms with Gasteiger partial charge in [-0.2, -0.15) is 0 Å². The average Bonchev–Trinajstić information content (AvgIpc) is 2.38. The lowest BCUT2D eigenvalue weighted by molar-refractivity contribution is 0.671. The molecule has 1 aromatic heterocycles. The van der Waals surface area contributed by atoms with Crippen LogP contribution >= 0.6 is 0 Å². The largest absolute Gasteiger partial charge is 0.368 e. The first-order valence-electron chi connectivity index (χ1n) is 6.75. The van der Waals surface area contributed by atoms with E-state index in [-0.39, 0.29) is 0 Å². The van der Waals surface area contributed by atoms with Crippen molar-refractivity contribution in [2.45, 2.75) is 33.7 Å². The van der Waals surface area contributed by atoms with Crippen LogP contribution in [0, 0.1) is 6.92 Å². The summed E-state index contributed by atoms with van der Waals surface area (Å²) in [6, 6.07) is 2.16. The number of hydrogen-bond acceptors (Lipinski definition) is 3. The zero-order valence-corrected chi connectivity index (χ0v) is 11.9. The summed E-state index contributed by atoms with van der Waals surface area (Å²) in [6.45, 7) is 14.0. The third kappa shape index (κ3) is 4.15. The molecule has 1 rings (SSSR count). The summed E-state index contributed by atoms with van der Waals surface area (Å²) in [5.74, 6) is 0. The third-order valence-electron chi connectivity index (χ3n) is 2.91. The summed E-state index contributed by atoms with van der Waals surface area (Å²) in [4.78, 5) is 6.73. The normalized spacial score (nSPS) is 10.4. The number of anilines is 1. The number of rotatable bonds is 8. The van der Waals surface area contributed by atoms with Gasteiger partial charge in [0, 0.05) is 42.8 Å². The van der Waals surface area contributed by atoms with E-state index in [0.717, 1.165) is 38.3 Å². The van der Waals surface area contributed by atoms with Crippen molar-refractivity contribution in [2.75, 3.05) is 24.5 Å². The van der Waals surface area contributed by atoms with Gasteiger partial charge in [-0.25, -0.2) is 0 Å².